The highest BCUT2D eigenvalue weighted by Crippen LogP contribution is 2.35. The molecule has 0 saturated carbocycles. The smallest absolute Gasteiger partial charge is 0.370 e. The number of anilines is 1. The summed E-state index contributed by atoms with van der Waals surface area (Å²) in [6.07, 6.45) is -1.75. The van der Waals surface area contributed by atoms with Crippen LogP contribution in [0.2, 0.25) is 15.1 Å². The summed E-state index contributed by atoms with van der Waals surface area (Å²) in [7, 11) is -3.98. The van der Waals surface area contributed by atoms with E-state index >= 15 is 0 Å². The number of piperidine rings is 1. The molecule has 2 aliphatic heterocycles. The Morgan fingerprint density at radius 1 is 1.03 bits per heavy atom. The van der Waals surface area contributed by atoms with Gasteiger partial charge in [-0.2, -0.15) is 17.5 Å². The summed E-state index contributed by atoms with van der Waals surface area (Å²) in [5.41, 5.74) is -0.929. The molecule has 0 N–H and O–H groups in total. The van der Waals surface area contributed by atoms with Crippen LogP contribution in [0.4, 0.5) is 19.0 Å². The van der Waals surface area contributed by atoms with Crippen LogP contribution >= 0.6 is 34.8 Å². The SMILES string of the molecule is O=C(COCC1CCCCN1S(=O)(=O)c1c(Cl)cccc1Cl)N1CCN(c2ncc(C(F)(F)F)cc2Cl)CC1. The fraction of sp³-hybridized carbons (Fsp3) is 0.500. The minimum atomic E-state index is -4.54. The third-order valence-corrected chi connectivity index (χ3v) is 9.86. The lowest BCUT2D eigenvalue weighted by atomic mass is 10.1. The molecule has 39 heavy (non-hydrogen) atoms. The van der Waals surface area contributed by atoms with Crippen LogP contribution in [0, 0.1) is 0 Å². The second kappa shape index (κ2) is 12.4. The zero-order valence-corrected chi connectivity index (χ0v) is 23.7. The van der Waals surface area contributed by atoms with Crippen LogP contribution in [0.25, 0.3) is 0 Å². The van der Waals surface area contributed by atoms with Gasteiger partial charge in [0.2, 0.25) is 15.9 Å². The van der Waals surface area contributed by atoms with Gasteiger partial charge in [-0.05, 0) is 31.0 Å². The maximum Gasteiger partial charge on any atom is 0.417 e. The van der Waals surface area contributed by atoms with Crippen molar-refractivity contribution >= 4 is 56.6 Å². The first kappa shape index (κ1) is 30.1. The van der Waals surface area contributed by atoms with Gasteiger partial charge >= 0.3 is 6.18 Å². The molecule has 1 unspecified atom stereocenters. The van der Waals surface area contributed by atoms with Crippen molar-refractivity contribution in [3.63, 3.8) is 0 Å². The van der Waals surface area contributed by atoms with Gasteiger partial charge in [0, 0.05) is 45.0 Å². The second-order valence-corrected chi connectivity index (χ2v) is 12.3. The minimum absolute atomic E-state index is 0.0259. The maximum absolute atomic E-state index is 13.4. The van der Waals surface area contributed by atoms with Crippen molar-refractivity contribution in [1.82, 2.24) is 14.2 Å². The first-order valence-corrected chi connectivity index (χ1v) is 14.8. The molecule has 2 fully saturated rings. The molecule has 8 nitrogen and oxygen atoms in total. The number of piperazine rings is 1. The fourth-order valence-electron chi connectivity index (χ4n) is 4.66. The number of benzene rings is 1. The molecule has 1 atom stereocenters. The quantitative estimate of drug-likeness (QED) is 0.430. The van der Waals surface area contributed by atoms with Crippen molar-refractivity contribution in [2.75, 3.05) is 50.8 Å². The molecule has 0 bridgehead atoms. The molecule has 1 amide bonds. The van der Waals surface area contributed by atoms with Gasteiger partial charge in [0.25, 0.3) is 0 Å². The number of rotatable bonds is 7. The Morgan fingerprint density at radius 3 is 2.31 bits per heavy atom. The maximum atomic E-state index is 13.4. The van der Waals surface area contributed by atoms with Crippen LogP contribution in [0.15, 0.2) is 35.4 Å². The molecule has 1 aromatic heterocycles. The zero-order valence-electron chi connectivity index (χ0n) is 20.6. The Kier molecular flexibility index (Phi) is 9.55. The molecule has 2 saturated heterocycles. The summed E-state index contributed by atoms with van der Waals surface area (Å²) in [6, 6.07) is 4.86. The van der Waals surface area contributed by atoms with Gasteiger partial charge < -0.3 is 14.5 Å². The molecule has 2 aromatic rings. The lowest BCUT2D eigenvalue weighted by Gasteiger charge is -2.36. The predicted molar refractivity (Wildman–Crippen MR) is 142 cm³/mol. The van der Waals surface area contributed by atoms with E-state index in [0.717, 1.165) is 18.7 Å². The third kappa shape index (κ3) is 6.91. The Hall–Kier alpha value is -1.83. The number of aromatic nitrogens is 1. The monoisotopic (exact) mass is 628 g/mol. The predicted octanol–water partition coefficient (Wildman–Crippen LogP) is 4.97. The number of halogens is 6. The van der Waals surface area contributed by atoms with Crippen molar-refractivity contribution in [3.05, 3.63) is 51.1 Å². The van der Waals surface area contributed by atoms with E-state index in [0.29, 0.717) is 39.0 Å². The Bertz CT molecular complexity index is 1290. The van der Waals surface area contributed by atoms with Gasteiger partial charge in [-0.3, -0.25) is 4.79 Å². The van der Waals surface area contributed by atoms with Crippen LogP contribution < -0.4 is 4.90 Å². The third-order valence-electron chi connectivity index (χ3n) is 6.68. The lowest BCUT2D eigenvalue weighted by molar-refractivity contribution is -0.138. The number of alkyl halides is 3. The fourth-order valence-corrected chi connectivity index (χ4v) is 7.72. The number of nitrogens with zero attached hydrogens (tertiary/aromatic N) is 4. The number of carbonyl (C=O) groups is 1. The summed E-state index contributed by atoms with van der Waals surface area (Å²) in [5.74, 6) is -0.0503. The van der Waals surface area contributed by atoms with Crippen molar-refractivity contribution in [1.29, 1.82) is 0 Å². The Morgan fingerprint density at radius 2 is 1.69 bits per heavy atom. The van der Waals surface area contributed by atoms with E-state index < -0.39 is 27.8 Å². The molecule has 15 heteroatoms. The summed E-state index contributed by atoms with van der Waals surface area (Å²) in [4.78, 5) is 19.8. The van der Waals surface area contributed by atoms with E-state index in [1.165, 1.54) is 16.4 Å². The molecule has 0 spiro atoms. The number of amides is 1. The number of sulfonamides is 1. The molecule has 0 aliphatic carbocycles. The summed E-state index contributed by atoms with van der Waals surface area (Å²) in [6.45, 7) is 1.34. The van der Waals surface area contributed by atoms with Gasteiger partial charge in [0.1, 0.15) is 17.3 Å². The zero-order chi connectivity index (χ0) is 28.4. The second-order valence-electron chi connectivity index (χ2n) is 9.23. The average Bonchev–Trinajstić information content (AvgIpc) is 2.88. The largest absolute Gasteiger partial charge is 0.417 e. The van der Waals surface area contributed by atoms with Gasteiger partial charge in [-0.15, -0.1) is 0 Å². The van der Waals surface area contributed by atoms with Gasteiger partial charge in [-0.25, -0.2) is 13.4 Å². The number of carbonyl (C=O) groups excluding carboxylic acids is 1. The summed E-state index contributed by atoms with van der Waals surface area (Å²) >= 11 is 18.4. The Balaban J connectivity index is 1.31. The van der Waals surface area contributed by atoms with Crippen molar-refractivity contribution in [2.45, 2.75) is 36.4 Å². The van der Waals surface area contributed by atoms with E-state index in [2.05, 4.69) is 4.98 Å². The first-order valence-electron chi connectivity index (χ1n) is 12.2. The highest BCUT2D eigenvalue weighted by Gasteiger charge is 2.36. The van der Waals surface area contributed by atoms with Gasteiger partial charge in [0.05, 0.1) is 27.2 Å². The van der Waals surface area contributed by atoms with Crippen LogP contribution in [0.1, 0.15) is 24.8 Å². The van der Waals surface area contributed by atoms with E-state index in [9.17, 15) is 26.4 Å². The summed E-state index contributed by atoms with van der Waals surface area (Å²) in [5, 5.41) is -0.0392. The molecular weight excluding hydrogens is 604 g/mol. The van der Waals surface area contributed by atoms with Gasteiger partial charge in [-0.1, -0.05) is 47.3 Å². The number of hydrogen-bond donors (Lipinski definition) is 0. The van der Waals surface area contributed by atoms with Crippen LogP contribution in [0.3, 0.4) is 0 Å². The first-order chi connectivity index (χ1) is 18.4. The summed E-state index contributed by atoms with van der Waals surface area (Å²) < 4.78 is 72.4. The van der Waals surface area contributed by atoms with E-state index in [-0.39, 0.29) is 51.4 Å². The number of pyridine rings is 1. The molecule has 214 valence electrons. The highest BCUT2D eigenvalue weighted by molar-refractivity contribution is 7.89. The molecule has 1 aromatic carbocycles. The van der Waals surface area contributed by atoms with Crippen LogP contribution in [0.5, 0.6) is 0 Å². The van der Waals surface area contributed by atoms with Crippen molar-refractivity contribution < 1.29 is 31.1 Å². The molecule has 2 aliphatic rings. The Labute approximate surface area is 239 Å². The van der Waals surface area contributed by atoms with Crippen LogP contribution in [-0.4, -0.2) is 80.5 Å². The lowest BCUT2D eigenvalue weighted by Crippen LogP contribution is -2.50. The average molecular weight is 630 g/mol. The number of ether oxygens (including phenoxy) is 1. The topological polar surface area (TPSA) is 83.0 Å². The van der Waals surface area contributed by atoms with Crippen molar-refractivity contribution in [3.8, 4) is 0 Å². The van der Waals surface area contributed by atoms with Crippen LogP contribution in [-0.2, 0) is 25.7 Å². The minimum Gasteiger partial charge on any atom is -0.370 e. The standard InChI is InChI=1S/C24H26Cl3F3N4O4S/c25-18-5-3-6-19(26)22(18)39(36,37)34-7-2-1-4-17(34)14-38-15-21(35)32-8-10-33(11-9-32)23-20(27)12-16(13-31-23)24(28,29)30/h3,5-6,12-13,17H,1-2,4,7-11,14-15H2. The molecule has 4 rings (SSSR count). The van der Waals surface area contributed by atoms with Gasteiger partial charge in [0.15, 0.2) is 0 Å². The number of hydrogen-bond acceptors (Lipinski definition) is 6. The molecule has 0 radical (unpaired) electrons. The van der Waals surface area contributed by atoms with Crippen molar-refractivity contribution in [2.24, 2.45) is 0 Å². The van der Waals surface area contributed by atoms with E-state index in [4.69, 9.17) is 39.5 Å². The van der Waals surface area contributed by atoms with E-state index in [1.807, 2.05) is 0 Å². The highest BCUT2D eigenvalue weighted by atomic mass is 35.5. The normalized spacial score (nSPS) is 19.4. The van der Waals surface area contributed by atoms with E-state index in [1.54, 1.807) is 15.9 Å². The molecular formula is C24H26Cl3F3N4O4S. The molecule has 3 heterocycles.